The van der Waals surface area contributed by atoms with Crippen molar-refractivity contribution in [1.29, 1.82) is 0 Å². The molecule has 0 saturated carbocycles. The van der Waals surface area contributed by atoms with Crippen molar-refractivity contribution in [2.45, 2.75) is 32.0 Å². The van der Waals surface area contributed by atoms with Gasteiger partial charge in [0.1, 0.15) is 17.1 Å². The van der Waals surface area contributed by atoms with E-state index in [9.17, 15) is 9.59 Å². The molecule has 0 atom stereocenters. The normalized spacial score (nSPS) is 15.3. The minimum Gasteiger partial charge on any atom is -0.456 e. The fourth-order valence-electron chi connectivity index (χ4n) is 4.13. The largest absolute Gasteiger partial charge is 0.456 e. The summed E-state index contributed by atoms with van der Waals surface area (Å²) in [7, 11) is 0. The number of ether oxygens (including phenoxy) is 3. The molecule has 7 heteroatoms. The van der Waals surface area contributed by atoms with Crippen molar-refractivity contribution in [2.24, 2.45) is 0 Å². The van der Waals surface area contributed by atoms with E-state index in [1.165, 1.54) is 0 Å². The standard InChI is InChI=1S/C25H18Br2O5/c1-24(2,3)31-22(28)13-4-7-16-19(10-13)25(32-23(16)29)17-8-5-14(26)11-20(17)30-21-12-15(27)6-9-18(21)25/h4-12H,1-3H3. The minimum atomic E-state index is -1.24. The van der Waals surface area contributed by atoms with Gasteiger partial charge in [-0.25, -0.2) is 9.59 Å². The van der Waals surface area contributed by atoms with Gasteiger partial charge >= 0.3 is 11.9 Å². The third-order valence-corrected chi connectivity index (χ3v) is 6.35. The Morgan fingerprint density at radius 1 is 0.875 bits per heavy atom. The van der Waals surface area contributed by atoms with Crippen LogP contribution in [0.25, 0.3) is 0 Å². The zero-order valence-corrected chi connectivity index (χ0v) is 20.7. The molecule has 5 nitrogen and oxygen atoms in total. The zero-order valence-electron chi connectivity index (χ0n) is 17.5. The van der Waals surface area contributed by atoms with Gasteiger partial charge in [-0.3, -0.25) is 0 Å². The Bertz CT molecular complexity index is 1250. The molecule has 0 amide bonds. The molecular weight excluding hydrogens is 540 g/mol. The van der Waals surface area contributed by atoms with Crippen LogP contribution in [0.2, 0.25) is 0 Å². The van der Waals surface area contributed by atoms with Gasteiger partial charge < -0.3 is 14.2 Å². The number of esters is 2. The van der Waals surface area contributed by atoms with Gasteiger partial charge in [0.05, 0.1) is 11.1 Å². The molecule has 3 aromatic rings. The van der Waals surface area contributed by atoms with Crippen molar-refractivity contribution in [2.75, 3.05) is 0 Å². The molecule has 2 aliphatic heterocycles. The third kappa shape index (κ3) is 3.26. The molecule has 0 unspecified atom stereocenters. The number of rotatable bonds is 1. The quantitative estimate of drug-likeness (QED) is 0.310. The van der Waals surface area contributed by atoms with Crippen LogP contribution in [0.15, 0.2) is 63.5 Å². The average molecular weight is 558 g/mol. The number of fused-ring (bicyclic) bond motifs is 6. The lowest BCUT2D eigenvalue weighted by molar-refractivity contribution is 0.00692. The highest BCUT2D eigenvalue weighted by Gasteiger charge is 2.53. The first kappa shape index (κ1) is 21.2. The van der Waals surface area contributed by atoms with Crippen molar-refractivity contribution < 1.29 is 23.8 Å². The zero-order chi connectivity index (χ0) is 22.8. The third-order valence-electron chi connectivity index (χ3n) is 5.36. The van der Waals surface area contributed by atoms with Crippen molar-refractivity contribution >= 4 is 43.8 Å². The summed E-state index contributed by atoms with van der Waals surface area (Å²) in [5, 5.41) is 0. The highest BCUT2D eigenvalue weighted by atomic mass is 79.9. The fraction of sp³-hybridized carbons (Fsp3) is 0.200. The molecule has 2 heterocycles. The van der Waals surface area contributed by atoms with Gasteiger partial charge in [0.2, 0.25) is 0 Å². The second kappa shape index (κ2) is 7.18. The van der Waals surface area contributed by atoms with Crippen molar-refractivity contribution in [1.82, 2.24) is 0 Å². The highest BCUT2D eigenvalue weighted by Crippen LogP contribution is 2.56. The van der Waals surface area contributed by atoms with E-state index < -0.39 is 23.1 Å². The van der Waals surface area contributed by atoms with Gasteiger partial charge in [0.15, 0.2) is 5.60 Å². The monoisotopic (exact) mass is 556 g/mol. The molecule has 3 aromatic carbocycles. The average Bonchev–Trinajstić information content (AvgIpc) is 2.99. The molecule has 2 aliphatic rings. The molecule has 5 rings (SSSR count). The van der Waals surface area contributed by atoms with Crippen LogP contribution in [0.5, 0.6) is 11.5 Å². The van der Waals surface area contributed by atoms with Gasteiger partial charge in [-0.05, 0) is 75.4 Å². The Kier molecular flexibility index (Phi) is 4.76. The summed E-state index contributed by atoms with van der Waals surface area (Å²) in [4.78, 5) is 25.8. The first-order valence-corrected chi connectivity index (χ1v) is 11.6. The van der Waals surface area contributed by atoms with E-state index in [1.807, 2.05) is 57.2 Å². The van der Waals surface area contributed by atoms with Gasteiger partial charge in [0.25, 0.3) is 0 Å². The summed E-state index contributed by atoms with van der Waals surface area (Å²) in [5.41, 5.74) is 0.821. The maximum absolute atomic E-state index is 13.0. The molecule has 0 fully saturated rings. The topological polar surface area (TPSA) is 61.8 Å². The molecule has 0 N–H and O–H groups in total. The Morgan fingerprint density at radius 3 is 2.03 bits per heavy atom. The lowest BCUT2D eigenvalue weighted by Gasteiger charge is -2.36. The second-order valence-corrected chi connectivity index (χ2v) is 10.5. The lowest BCUT2D eigenvalue weighted by atomic mass is 9.77. The molecular formula is C25H18Br2O5. The number of halogens is 2. The number of benzene rings is 3. The van der Waals surface area contributed by atoms with Crippen molar-refractivity contribution in [3.8, 4) is 11.5 Å². The van der Waals surface area contributed by atoms with Gasteiger partial charge in [-0.1, -0.05) is 31.9 Å². The van der Waals surface area contributed by atoms with E-state index in [1.54, 1.807) is 18.2 Å². The molecule has 162 valence electrons. The highest BCUT2D eigenvalue weighted by molar-refractivity contribution is 9.10. The van der Waals surface area contributed by atoms with E-state index in [-0.39, 0.29) is 0 Å². The molecule has 0 saturated heterocycles. The van der Waals surface area contributed by atoms with Crippen LogP contribution in [0.3, 0.4) is 0 Å². The van der Waals surface area contributed by atoms with Gasteiger partial charge in [0, 0.05) is 25.6 Å². The second-order valence-electron chi connectivity index (χ2n) is 8.72. The number of hydrogen-bond acceptors (Lipinski definition) is 5. The summed E-state index contributed by atoms with van der Waals surface area (Å²) >= 11 is 6.97. The Labute approximate surface area is 201 Å². The summed E-state index contributed by atoms with van der Waals surface area (Å²) in [5.74, 6) is 0.205. The summed E-state index contributed by atoms with van der Waals surface area (Å²) in [6.07, 6.45) is 0. The molecule has 32 heavy (non-hydrogen) atoms. The van der Waals surface area contributed by atoms with E-state index in [0.717, 1.165) is 8.95 Å². The summed E-state index contributed by atoms with van der Waals surface area (Å²) in [6, 6.07) is 16.1. The number of carbonyl (C=O) groups is 2. The van der Waals surface area contributed by atoms with Crippen LogP contribution in [-0.2, 0) is 15.1 Å². The van der Waals surface area contributed by atoms with Crippen LogP contribution in [0.4, 0.5) is 0 Å². The Hall–Kier alpha value is -2.64. The minimum absolute atomic E-state index is 0.347. The first-order valence-electron chi connectivity index (χ1n) is 9.98. The summed E-state index contributed by atoms with van der Waals surface area (Å²) in [6.45, 7) is 5.44. The number of carbonyl (C=O) groups excluding carboxylic acids is 2. The maximum Gasteiger partial charge on any atom is 0.340 e. The molecule has 0 aromatic heterocycles. The Morgan fingerprint density at radius 2 is 1.47 bits per heavy atom. The van der Waals surface area contributed by atoms with Crippen LogP contribution < -0.4 is 4.74 Å². The van der Waals surface area contributed by atoms with E-state index in [4.69, 9.17) is 14.2 Å². The molecule has 1 spiro atoms. The van der Waals surface area contributed by atoms with Crippen LogP contribution in [0, 0.1) is 0 Å². The molecule has 0 radical (unpaired) electrons. The van der Waals surface area contributed by atoms with Crippen LogP contribution in [0.1, 0.15) is 58.2 Å². The number of hydrogen-bond donors (Lipinski definition) is 0. The van der Waals surface area contributed by atoms with Crippen molar-refractivity contribution in [3.05, 3.63) is 91.4 Å². The predicted octanol–water partition coefficient (Wildman–Crippen LogP) is 6.73. The summed E-state index contributed by atoms with van der Waals surface area (Å²) < 4.78 is 19.5. The smallest absolute Gasteiger partial charge is 0.340 e. The SMILES string of the molecule is CC(C)(C)OC(=O)c1ccc2c(c1)C1(OC2=O)c2ccc(Br)cc2Oc2cc(Br)ccc21. The lowest BCUT2D eigenvalue weighted by Crippen LogP contribution is -2.33. The van der Waals surface area contributed by atoms with Crippen LogP contribution in [-0.4, -0.2) is 17.5 Å². The van der Waals surface area contributed by atoms with Crippen LogP contribution >= 0.6 is 31.9 Å². The van der Waals surface area contributed by atoms with Gasteiger partial charge in [-0.15, -0.1) is 0 Å². The first-order chi connectivity index (χ1) is 15.1. The van der Waals surface area contributed by atoms with E-state index >= 15 is 0 Å². The Balaban J connectivity index is 1.78. The van der Waals surface area contributed by atoms with E-state index in [2.05, 4.69) is 31.9 Å². The molecule has 0 bridgehead atoms. The molecule has 0 aliphatic carbocycles. The van der Waals surface area contributed by atoms with Crippen molar-refractivity contribution in [3.63, 3.8) is 0 Å². The maximum atomic E-state index is 13.0. The van der Waals surface area contributed by atoms with E-state index in [0.29, 0.717) is 39.3 Å². The predicted molar refractivity (Wildman–Crippen MR) is 125 cm³/mol. The van der Waals surface area contributed by atoms with Gasteiger partial charge in [-0.2, -0.15) is 0 Å². The fourth-order valence-corrected chi connectivity index (χ4v) is 4.81.